The maximum atomic E-state index is 11.8. The number of carbonyl (C=O) groups is 1. The number of aryl methyl sites for hydroxylation is 1. The second-order valence-corrected chi connectivity index (χ2v) is 5.47. The third-order valence-electron chi connectivity index (χ3n) is 3.84. The zero-order chi connectivity index (χ0) is 15.0. The van der Waals surface area contributed by atoms with Gasteiger partial charge in [-0.1, -0.05) is 0 Å². The Morgan fingerprint density at radius 1 is 1.55 bits per heavy atom. The van der Waals surface area contributed by atoms with Crippen molar-refractivity contribution in [3.63, 3.8) is 0 Å². The fraction of sp³-hybridized carbons (Fsp3) is 0.467. The summed E-state index contributed by atoms with van der Waals surface area (Å²) < 4.78 is 12.4. The van der Waals surface area contributed by atoms with Crippen LogP contribution in [0, 0.1) is 6.92 Å². The van der Waals surface area contributed by atoms with E-state index < -0.39 is 0 Å². The molecule has 0 aliphatic carbocycles. The molecule has 1 aliphatic rings. The van der Waals surface area contributed by atoms with E-state index in [1.807, 2.05) is 17.6 Å². The summed E-state index contributed by atoms with van der Waals surface area (Å²) in [5, 5.41) is 0. The van der Waals surface area contributed by atoms with Crippen LogP contribution in [0.3, 0.4) is 0 Å². The molecule has 3 rings (SSSR count). The first-order valence-electron chi connectivity index (χ1n) is 6.89. The molecule has 1 aromatic heterocycles. The molecule has 120 valence electrons. The molecule has 1 saturated heterocycles. The molecule has 7 heteroatoms. The first-order chi connectivity index (χ1) is 10.1. The quantitative estimate of drug-likeness (QED) is 0.631. The van der Waals surface area contributed by atoms with Gasteiger partial charge < -0.3 is 14.0 Å². The summed E-state index contributed by atoms with van der Waals surface area (Å²) in [5.74, 6) is 0.779. The number of fused-ring (bicyclic) bond motifs is 1. The number of aromatic nitrogens is 2. The summed E-state index contributed by atoms with van der Waals surface area (Å²) in [5.41, 5.74) is 3.24. The van der Waals surface area contributed by atoms with Crippen molar-refractivity contribution in [2.24, 2.45) is 0 Å². The number of hydrogen-bond donors (Lipinski definition) is 0. The number of imidazole rings is 1. The smallest absolute Gasteiger partial charge is 0.337 e. The summed E-state index contributed by atoms with van der Waals surface area (Å²) in [6.45, 7) is 3.45. The first-order valence-corrected chi connectivity index (χ1v) is 7.43. The Hall–Kier alpha value is -1.30. The third kappa shape index (κ3) is 2.93. The summed E-state index contributed by atoms with van der Waals surface area (Å²) in [6, 6.07) is 3.61. The van der Waals surface area contributed by atoms with Crippen molar-refractivity contribution < 1.29 is 14.3 Å². The topological polar surface area (TPSA) is 53.3 Å². The molecule has 1 aliphatic heterocycles. The van der Waals surface area contributed by atoms with Gasteiger partial charge in [-0.2, -0.15) is 0 Å². The van der Waals surface area contributed by atoms with E-state index in [9.17, 15) is 4.79 Å². The minimum Gasteiger partial charge on any atom is -0.465 e. The maximum absolute atomic E-state index is 11.8. The second kappa shape index (κ2) is 6.86. The van der Waals surface area contributed by atoms with Crippen LogP contribution in [-0.4, -0.2) is 35.3 Å². The van der Waals surface area contributed by atoms with Gasteiger partial charge >= 0.3 is 5.97 Å². The zero-order valence-corrected chi connectivity index (χ0v) is 14.0. The van der Waals surface area contributed by atoms with Gasteiger partial charge in [0, 0.05) is 6.61 Å². The van der Waals surface area contributed by atoms with E-state index in [0.29, 0.717) is 18.0 Å². The lowest BCUT2D eigenvalue weighted by Gasteiger charge is -2.27. The number of methoxy groups -OCH3 is 1. The number of alkyl halides is 1. The Labute approximate surface area is 140 Å². The van der Waals surface area contributed by atoms with Crippen LogP contribution in [0.5, 0.6) is 0 Å². The molecule has 1 aromatic carbocycles. The largest absolute Gasteiger partial charge is 0.465 e. The SMILES string of the molecule is COC(=O)c1cc(C)c2nc(CCl)n(C[C@@H]3CCO3)c2c1.Cl. The number of esters is 1. The van der Waals surface area contributed by atoms with Crippen LogP contribution in [0.1, 0.15) is 28.2 Å². The number of ether oxygens (including phenoxy) is 2. The molecule has 0 saturated carbocycles. The first kappa shape index (κ1) is 17.1. The van der Waals surface area contributed by atoms with Crippen molar-refractivity contribution >= 4 is 41.0 Å². The Morgan fingerprint density at radius 3 is 2.82 bits per heavy atom. The van der Waals surface area contributed by atoms with E-state index in [1.54, 1.807) is 6.07 Å². The van der Waals surface area contributed by atoms with Crippen molar-refractivity contribution in [1.82, 2.24) is 9.55 Å². The Morgan fingerprint density at radius 2 is 2.27 bits per heavy atom. The molecule has 0 amide bonds. The molecule has 2 aromatic rings. The number of benzene rings is 1. The van der Waals surface area contributed by atoms with E-state index in [2.05, 4.69) is 4.98 Å². The standard InChI is InChI=1S/C15H17ClN2O3.ClH/c1-9-5-10(15(19)20-2)6-12-14(9)17-13(7-16)18(12)8-11-3-4-21-11;/h5-6,11H,3-4,7-8H2,1-2H3;1H/t11-;/m0./s1. The molecule has 1 fully saturated rings. The Kier molecular flexibility index (Phi) is 5.32. The minimum absolute atomic E-state index is 0. The van der Waals surface area contributed by atoms with Gasteiger partial charge in [0.1, 0.15) is 5.82 Å². The van der Waals surface area contributed by atoms with E-state index >= 15 is 0 Å². The fourth-order valence-corrected chi connectivity index (χ4v) is 2.82. The van der Waals surface area contributed by atoms with Gasteiger partial charge in [0.15, 0.2) is 0 Å². The number of nitrogens with zero attached hydrogens (tertiary/aromatic N) is 2. The highest BCUT2D eigenvalue weighted by Crippen LogP contribution is 2.25. The van der Waals surface area contributed by atoms with Crippen LogP contribution in [0.15, 0.2) is 12.1 Å². The van der Waals surface area contributed by atoms with Crippen LogP contribution < -0.4 is 0 Å². The molecule has 22 heavy (non-hydrogen) atoms. The van der Waals surface area contributed by atoms with E-state index in [1.165, 1.54) is 7.11 Å². The summed E-state index contributed by atoms with van der Waals surface area (Å²) >= 11 is 6.01. The minimum atomic E-state index is -0.347. The molecule has 0 spiro atoms. The predicted octanol–water partition coefficient (Wildman–Crippen LogP) is 3.08. The molecule has 1 atom stereocenters. The van der Waals surface area contributed by atoms with Gasteiger partial charge in [0.05, 0.1) is 42.2 Å². The van der Waals surface area contributed by atoms with Gasteiger partial charge in [-0.25, -0.2) is 9.78 Å². The van der Waals surface area contributed by atoms with Crippen LogP contribution >= 0.6 is 24.0 Å². The third-order valence-corrected chi connectivity index (χ3v) is 4.08. The van der Waals surface area contributed by atoms with Crippen molar-refractivity contribution in [2.45, 2.75) is 31.9 Å². The van der Waals surface area contributed by atoms with Gasteiger partial charge in [-0.15, -0.1) is 24.0 Å². The molecular weight excluding hydrogens is 327 g/mol. The number of hydrogen-bond acceptors (Lipinski definition) is 4. The molecule has 0 radical (unpaired) electrons. The lowest BCUT2D eigenvalue weighted by molar-refractivity contribution is -0.0589. The van der Waals surface area contributed by atoms with E-state index in [4.69, 9.17) is 21.1 Å². The van der Waals surface area contributed by atoms with Gasteiger partial charge in [0.2, 0.25) is 0 Å². The second-order valence-electron chi connectivity index (χ2n) is 5.21. The number of carbonyl (C=O) groups excluding carboxylic acids is 1. The lowest BCUT2D eigenvalue weighted by Crippen LogP contribution is -2.31. The Balaban J connectivity index is 0.00000176. The van der Waals surface area contributed by atoms with Crippen molar-refractivity contribution in [3.05, 3.63) is 29.1 Å². The van der Waals surface area contributed by atoms with Crippen LogP contribution in [0.4, 0.5) is 0 Å². The molecule has 0 N–H and O–H groups in total. The van der Waals surface area contributed by atoms with Crippen LogP contribution in [0.25, 0.3) is 11.0 Å². The highest BCUT2D eigenvalue weighted by molar-refractivity contribution is 6.16. The summed E-state index contributed by atoms with van der Waals surface area (Å²) in [7, 11) is 1.38. The van der Waals surface area contributed by atoms with Crippen LogP contribution in [0.2, 0.25) is 0 Å². The van der Waals surface area contributed by atoms with Crippen LogP contribution in [-0.2, 0) is 21.9 Å². The molecular formula is C15H18Cl2N2O3. The van der Waals surface area contributed by atoms with Crippen molar-refractivity contribution in [1.29, 1.82) is 0 Å². The van der Waals surface area contributed by atoms with Crippen molar-refractivity contribution in [2.75, 3.05) is 13.7 Å². The van der Waals surface area contributed by atoms with Gasteiger partial charge in [-0.05, 0) is 31.0 Å². The fourth-order valence-electron chi connectivity index (χ4n) is 2.61. The molecule has 2 heterocycles. The highest BCUT2D eigenvalue weighted by Gasteiger charge is 2.22. The van der Waals surface area contributed by atoms with Gasteiger partial charge in [-0.3, -0.25) is 0 Å². The normalized spacial score (nSPS) is 17.0. The molecule has 0 bridgehead atoms. The summed E-state index contributed by atoms with van der Waals surface area (Å²) in [4.78, 5) is 16.4. The lowest BCUT2D eigenvalue weighted by atomic mass is 10.1. The average Bonchev–Trinajstić information content (AvgIpc) is 2.80. The zero-order valence-electron chi connectivity index (χ0n) is 12.5. The predicted molar refractivity (Wildman–Crippen MR) is 87.0 cm³/mol. The van der Waals surface area contributed by atoms with E-state index in [0.717, 1.165) is 35.4 Å². The van der Waals surface area contributed by atoms with E-state index in [-0.39, 0.29) is 24.5 Å². The summed E-state index contributed by atoms with van der Waals surface area (Å²) in [6.07, 6.45) is 1.24. The highest BCUT2D eigenvalue weighted by atomic mass is 35.5. The van der Waals surface area contributed by atoms with Crippen molar-refractivity contribution in [3.8, 4) is 0 Å². The van der Waals surface area contributed by atoms with Gasteiger partial charge in [0.25, 0.3) is 0 Å². The molecule has 0 unspecified atom stereocenters. The number of halogens is 2. The Bertz CT molecular complexity index is 696. The maximum Gasteiger partial charge on any atom is 0.337 e. The average molecular weight is 345 g/mol. The molecule has 5 nitrogen and oxygen atoms in total. The number of rotatable bonds is 4. The monoisotopic (exact) mass is 344 g/mol.